The van der Waals surface area contributed by atoms with Crippen LogP contribution < -0.4 is 5.73 Å². The largest absolute Gasteiger partial charge is 0.322 e. The van der Waals surface area contributed by atoms with Crippen LogP contribution in [0.2, 0.25) is 0 Å². The van der Waals surface area contributed by atoms with Crippen LogP contribution in [-0.4, -0.2) is 9.97 Å². The van der Waals surface area contributed by atoms with Crippen LogP contribution in [0, 0.1) is 5.82 Å². The highest BCUT2D eigenvalue weighted by Gasteiger charge is 2.29. The van der Waals surface area contributed by atoms with Crippen molar-refractivity contribution in [1.82, 2.24) is 9.97 Å². The third-order valence-corrected chi connectivity index (χ3v) is 3.77. The van der Waals surface area contributed by atoms with Crippen LogP contribution in [0.3, 0.4) is 0 Å². The first-order chi connectivity index (χ1) is 9.27. The average Bonchev–Trinajstić information content (AvgIpc) is 2.46. The third-order valence-electron chi connectivity index (χ3n) is 3.77. The quantitative estimate of drug-likeness (QED) is 0.900. The van der Waals surface area contributed by atoms with Crippen molar-refractivity contribution < 1.29 is 4.39 Å². The van der Waals surface area contributed by atoms with E-state index in [2.05, 4.69) is 16.0 Å². The van der Waals surface area contributed by atoms with Crippen LogP contribution >= 0.6 is 0 Å². The van der Waals surface area contributed by atoms with Crippen molar-refractivity contribution in [3.05, 3.63) is 59.4 Å². The summed E-state index contributed by atoms with van der Waals surface area (Å²) in [6.45, 7) is 0. The molecule has 2 N–H and O–H groups in total. The Balaban J connectivity index is 1.98. The zero-order valence-electron chi connectivity index (χ0n) is 10.6. The van der Waals surface area contributed by atoms with Gasteiger partial charge in [-0.2, -0.15) is 0 Å². The number of halogens is 1. The van der Waals surface area contributed by atoms with Crippen molar-refractivity contribution in [3.8, 4) is 0 Å². The Morgan fingerprint density at radius 1 is 1.21 bits per heavy atom. The van der Waals surface area contributed by atoms with Crippen molar-refractivity contribution >= 4 is 0 Å². The van der Waals surface area contributed by atoms with Gasteiger partial charge in [0.1, 0.15) is 5.82 Å². The molecule has 0 bridgehead atoms. The molecule has 3 rings (SSSR count). The fourth-order valence-electron chi connectivity index (χ4n) is 2.83. The first kappa shape index (κ1) is 12.2. The summed E-state index contributed by atoms with van der Waals surface area (Å²) in [4.78, 5) is 8.55. The third kappa shape index (κ3) is 2.24. The second-order valence-electron chi connectivity index (χ2n) is 4.94. The smallest absolute Gasteiger partial charge is 0.146 e. The first-order valence-electron chi connectivity index (χ1n) is 6.57. The second-order valence-corrected chi connectivity index (χ2v) is 4.94. The molecule has 0 amide bonds. The minimum Gasteiger partial charge on any atom is -0.322 e. The van der Waals surface area contributed by atoms with Crippen molar-refractivity contribution in [2.24, 2.45) is 5.73 Å². The Morgan fingerprint density at radius 3 is 2.84 bits per heavy atom. The molecule has 0 spiro atoms. The van der Waals surface area contributed by atoms with Gasteiger partial charge in [-0.05, 0) is 43.0 Å². The molecular weight excluding hydrogens is 241 g/mol. The molecule has 0 radical (unpaired) electrons. The molecule has 0 aliphatic heterocycles. The minimum atomic E-state index is -0.435. The molecule has 0 saturated carbocycles. The fourth-order valence-corrected chi connectivity index (χ4v) is 2.83. The molecule has 4 heteroatoms. The van der Waals surface area contributed by atoms with Crippen molar-refractivity contribution in [2.75, 3.05) is 0 Å². The van der Waals surface area contributed by atoms with Crippen LogP contribution in [-0.2, 0) is 6.42 Å². The monoisotopic (exact) mass is 257 g/mol. The van der Waals surface area contributed by atoms with Crippen molar-refractivity contribution in [1.29, 1.82) is 0 Å². The van der Waals surface area contributed by atoms with Gasteiger partial charge >= 0.3 is 0 Å². The highest BCUT2D eigenvalue weighted by Crippen LogP contribution is 2.37. The van der Waals surface area contributed by atoms with E-state index in [9.17, 15) is 4.39 Å². The van der Waals surface area contributed by atoms with E-state index in [1.807, 2.05) is 6.07 Å². The van der Waals surface area contributed by atoms with Gasteiger partial charge < -0.3 is 5.73 Å². The van der Waals surface area contributed by atoms with Gasteiger partial charge in [0.15, 0.2) is 0 Å². The molecular formula is C15H16FN3. The van der Waals surface area contributed by atoms with E-state index in [-0.39, 0.29) is 11.7 Å². The maximum absolute atomic E-state index is 13.8. The lowest BCUT2D eigenvalue weighted by Crippen LogP contribution is -2.26. The van der Waals surface area contributed by atoms with Crippen LogP contribution in [0.1, 0.15) is 41.8 Å². The average molecular weight is 257 g/mol. The number of fused-ring (bicyclic) bond motifs is 1. The summed E-state index contributed by atoms with van der Waals surface area (Å²) in [7, 11) is 0. The normalized spacial score (nSPS) is 19.8. The minimum absolute atomic E-state index is 0.0503. The van der Waals surface area contributed by atoms with Crippen molar-refractivity contribution in [2.45, 2.75) is 31.2 Å². The van der Waals surface area contributed by atoms with Gasteiger partial charge in [-0.25, -0.2) is 4.39 Å². The molecule has 2 aromatic heterocycles. The zero-order valence-corrected chi connectivity index (χ0v) is 10.6. The van der Waals surface area contributed by atoms with Crippen LogP contribution in [0.25, 0.3) is 0 Å². The lowest BCUT2D eigenvalue weighted by Gasteiger charge is -2.28. The molecule has 1 aliphatic carbocycles. The predicted octanol–water partition coefficient (Wildman–Crippen LogP) is 2.74. The number of hydrogen-bond donors (Lipinski definition) is 1. The Kier molecular flexibility index (Phi) is 3.25. The van der Waals surface area contributed by atoms with Gasteiger partial charge in [-0.3, -0.25) is 9.97 Å². The second kappa shape index (κ2) is 5.05. The molecule has 2 atom stereocenters. The lowest BCUT2D eigenvalue weighted by molar-refractivity contribution is 0.439. The number of nitrogens with zero attached hydrogens (tertiary/aromatic N) is 2. The molecule has 19 heavy (non-hydrogen) atoms. The van der Waals surface area contributed by atoms with Gasteiger partial charge in [0.05, 0.1) is 11.7 Å². The van der Waals surface area contributed by atoms with E-state index in [1.165, 1.54) is 11.6 Å². The fraction of sp³-hybridized carbons (Fsp3) is 0.333. The van der Waals surface area contributed by atoms with E-state index in [0.29, 0.717) is 5.69 Å². The standard InChI is InChI=1S/C15H16FN3/c16-12-7-3-9-19-15(12)13(17)11-6-1-4-10-5-2-8-18-14(10)11/h2-3,5,7-9,11,13H,1,4,6,17H2. The summed E-state index contributed by atoms with van der Waals surface area (Å²) < 4.78 is 13.8. The molecule has 1 aliphatic rings. The lowest BCUT2D eigenvalue weighted by atomic mass is 9.81. The van der Waals surface area contributed by atoms with Crippen LogP contribution in [0.15, 0.2) is 36.7 Å². The number of nitrogens with two attached hydrogens (primary N) is 1. The Labute approximate surface area is 111 Å². The highest BCUT2D eigenvalue weighted by molar-refractivity contribution is 5.29. The molecule has 0 saturated heterocycles. The highest BCUT2D eigenvalue weighted by atomic mass is 19.1. The van der Waals surface area contributed by atoms with E-state index >= 15 is 0 Å². The topological polar surface area (TPSA) is 51.8 Å². The van der Waals surface area contributed by atoms with Gasteiger partial charge in [0.25, 0.3) is 0 Å². The van der Waals surface area contributed by atoms with Crippen LogP contribution in [0.4, 0.5) is 4.39 Å². The van der Waals surface area contributed by atoms with Gasteiger partial charge in [0.2, 0.25) is 0 Å². The predicted molar refractivity (Wildman–Crippen MR) is 71.0 cm³/mol. The summed E-state index contributed by atoms with van der Waals surface area (Å²) in [6, 6.07) is 6.57. The Morgan fingerprint density at radius 2 is 2.00 bits per heavy atom. The van der Waals surface area contributed by atoms with E-state index < -0.39 is 6.04 Å². The Bertz CT molecular complexity index is 585. The van der Waals surface area contributed by atoms with E-state index in [0.717, 1.165) is 25.0 Å². The summed E-state index contributed by atoms with van der Waals surface area (Å²) >= 11 is 0. The number of hydrogen-bond acceptors (Lipinski definition) is 3. The Hall–Kier alpha value is -1.81. The molecule has 0 aromatic carbocycles. The summed E-state index contributed by atoms with van der Waals surface area (Å²) in [5, 5.41) is 0. The SMILES string of the molecule is NC(c1ncccc1F)C1CCCc2cccnc21. The zero-order chi connectivity index (χ0) is 13.2. The first-order valence-corrected chi connectivity index (χ1v) is 6.57. The molecule has 2 unspecified atom stereocenters. The molecule has 98 valence electrons. The summed E-state index contributed by atoms with van der Waals surface area (Å²) in [6.07, 6.45) is 6.38. The summed E-state index contributed by atoms with van der Waals surface area (Å²) in [5.41, 5.74) is 8.81. The number of rotatable bonds is 2. The van der Waals surface area contributed by atoms with Gasteiger partial charge in [-0.15, -0.1) is 0 Å². The van der Waals surface area contributed by atoms with Crippen LogP contribution in [0.5, 0.6) is 0 Å². The number of aromatic nitrogens is 2. The summed E-state index contributed by atoms with van der Waals surface area (Å²) in [5.74, 6) is -0.285. The number of aryl methyl sites for hydroxylation is 1. The molecule has 2 heterocycles. The maximum Gasteiger partial charge on any atom is 0.146 e. The maximum atomic E-state index is 13.8. The molecule has 3 nitrogen and oxygen atoms in total. The van der Waals surface area contributed by atoms with E-state index in [4.69, 9.17) is 5.73 Å². The van der Waals surface area contributed by atoms with E-state index in [1.54, 1.807) is 18.5 Å². The molecule has 0 fully saturated rings. The van der Waals surface area contributed by atoms with Gasteiger partial charge in [-0.1, -0.05) is 6.07 Å². The molecule has 2 aromatic rings. The van der Waals surface area contributed by atoms with Crippen molar-refractivity contribution in [3.63, 3.8) is 0 Å². The van der Waals surface area contributed by atoms with Gasteiger partial charge in [0, 0.05) is 24.0 Å². The number of pyridine rings is 2.